The quantitative estimate of drug-likeness (QED) is 0.207. The lowest BCUT2D eigenvalue weighted by molar-refractivity contribution is 0.122. The summed E-state index contributed by atoms with van der Waals surface area (Å²) in [5.41, 5.74) is 3.57. The van der Waals surface area contributed by atoms with Crippen LogP contribution in [0.25, 0.3) is 38.4 Å². The van der Waals surface area contributed by atoms with Crippen LogP contribution < -0.4 is 14.4 Å². The molecule has 0 aliphatic carbocycles. The molecule has 1 saturated heterocycles. The van der Waals surface area contributed by atoms with Gasteiger partial charge < -0.3 is 19.1 Å². The number of fused-ring (bicyclic) bond motifs is 8. The van der Waals surface area contributed by atoms with Crippen LogP contribution in [0.1, 0.15) is 16.7 Å². The standard InChI is InChI=1S/C38H31NO3/c1-40-35-25-34-31-13-6-5-11-29(31)30-12-7-8-14-32(30)36(34)33-19-20-38(42-37(33)35,26-9-3-2-4-10-26)27-15-17-28(18-16-27)39-21-23-41-24-22-39/h2-20,25H,21-24H2,1H3. The Labute approximate surface area is 245 Å². The normalized spacial score (nSPS) is 18.3. The first-order valence-electron chi connectivity index (χ1n) is 14.6. The van der Waals surface area contributed by atoms with Gasteiger partial charge in [0.25, 0.3) is 0 Å². The van der Waals surface area contributed by atoms with Crippen molar-refractivity contribution in [3.8, 4) is 11.5 Å². The molecular weight excluding hydrogens is 518 g/mol. The fourth-order valence-electron chi connectivity index (χ4n) is 6.77. The number of hydrogen-bond acceptors (Lipinski definition) is 4. The number of hydrogen-bond donors (Lipinski definition) is 0. The second-order valence-corrected chi connectivity index (χ2v) is 11.0. The van der Waals surface area contributed by atoms with Crippen LogP contribution in [0.3, 0.4) is 0 Å². The number of rotatable bonds is 4. The van der Waals surface area contributed by atoms with Gasteiger partial charge in [0.2, 0.25) is 0 Å². The third kappa shape index (κ3) is 3.79. The zero-order chi connectivity index (χ0) is 28.1. The maximum atomic E-state index is 7.22. The molecule has 6 aromatic rings. The molecule has 0 N–H and O–H groups in total. The highest BCUT2D eigenvalue weighted by molar-refractivity contribution is 6.27. The monoisotopic (exact) mass is 549 g/mol. The van der Waals surface area contributed by atoms with Crippen LogP contribution in [-0.2, 0) is 10.3 Å². The molecule has 0 spiro atoms. The van der Waals surface area contributed by atoms with Gasteiger partial charge in [-0.05, 0) is 57.3 Å². The molecule has 1 unspecified atom stereocenters. The maximum Gasteiger partial charge on any atom is 0.178 e. The molecule has 4 nitrogen and oxygen atoms in total. The van der Waals surface area contributed by atoms with Gasteiger partial charge in [-0.3, -0.25) is 0 Å². The summed E-state index contributed by atoms with van der Waals surface area (Å²) in [6, 6.07) is 38.7. The van der Waals surface area contributed by atoms with Crippen LogP contribution in [0.2, 0.25) is 0 Å². The summed E-state index contributed by atoms with van der Waals surface area (Å²) in [4.78, 5) is 2.37. The average molecular weight is 550 g/mol. The Hall–Kier alpha value is -4.80. The Balaban J connectivity index is 1.36. The third-order valence-corrected chi connectivity index (χ3v) is 8.83. The van der Waals surface area contributed by atoms with Crippen molar-refractivity contribution in [2.75, 3.05) is 38.3 Å². The van der Waals surface area contributed by atoms with Crippen LogP contribution in [0.15, 0.2) is 115 Å². The minimum atomic E-state index is -0.814. The van der Waals surface area contributed by atoms with Gasteiger partial charge in [0.1, 0.15) is 0 Å². The van der Waals surface area contributed by atoms with Crippen molar-refractivity contribution in [3.05, 3.63) is 132 Å². The molecule has 0 amide bonds. The van der Waals surface area contributed by atoms with Crippen molar-refractivity contribution in [1.29, 1.82) is 0 Å². The summed E-state index contributed by atoms with van der Waals surface area (Å²) < 4.78 is 18.9. The van der Waals surface area contributed by atoms with Gasteiger partial charge in [-0.2, -0.15) is 0 Å². The lowest BCUT2D eigenvalue weighted by Crippen LogP contribution is -2.36. The Bertz CT molecular complexity index is 1970. The molecule has 4 heteroatoms. The molecule has 206 valence electrons. The first-order chi connectivity index (χ1) is 20.8. The minimum absolute atomic E-state index is 0.729. The second kappa shape index (κ2) is 9.93. The van der Waals surface area contributed by atoms with E-state index in [0.29, 0.717) is 0 Å². The van der Waals surface area contributed by atoms with E-state index in [1.54, 1.807) is 7.11 Å². The zero-order valence-electron chi connectivity index (χ0n) is 23.5. The molecule has 1 atom stereocenters. The Morgan fingerprint density at radius 2 is 1.26 bits per heavy atom. The fraction of sp³-hybridized carbons (Fsp3) is 0.158. The van der Waals surface area contributed by atoms with Crippen LogP contribution in [-0.4, -0.2) is 33.4 Å². The van der Waals surface area contributed by atoms with Crippen LogP contribution in [0, 0.1) is 0 Å². The van der Waals surface area contributed by atoms with Gasteiger partial charge in [-0.15, -0.1) is 0 Å². The first kappa shape index (κ1) is 25.0. The topological polar surface area (TPSA) is 30.9 Å². The van der Waals surface area contributed by atoms with Gasteiger partial charge in [-0.1, -0.05) is 91.0 Å². The molecular formula is C38H31NO3. The van der Waals surface area contributed by atoms with Gasteiger partial charge >= 0.3 is 0 Å². The highest BCUT2D eigenvalue weighted by Gasteiger charge is 2.39. The van der Waals surface area contributed by atoms with Crippen LogP contribution >= 0.6 is 0 Å². The summed E-state index contributed by atoms with van der Waals surface area (Å²) in [5, 5.41) is 7.23. The van der Waals surface area contributed by atoms with Gasteiger partial charge in [0.05, 0.1) is 20.3 Å². The van der Waals surface area contributed by atoms with Gasteiger partial charge in [0, 0.05) is 40.9 Å². The van der Waals surface area contributed by atoms with Crippen molar-refractivity contribution in [2.24, 2.45) is 0 Å². The highest BCUT2D eigenvalue weighted by Crippen LogP contribution is 2.51. The first-order valence-corrected chi connectivity index (χ1v) is 14.6. The van der Waals surface area contributed by atoms with E-state index in [2.05, 4.69) is 120 Å². The van der Waals surface area contributed by atoms with E-state index in [1.807, 2.05) is 6.07 Å². The predicted molar refractivity (Wildman–Crippen MR) is 172 cm³/mol. The number of ether oxygens (including phenoxy) is 3. The summed E-state index contributed by atoms with van der Waals surface area (Å²) in [6.07, 6.45) is 4.46. The van der Waals surface area contributed by atoms with E-state index in [4.69, 9.17) is 14.2 Å². The molecule has 42 heavy (non-hydrogen) atoms. The minimum Gasteiger partial charge on any atom is -0.493 e. The average Bonchev–Trinajstić information content (AvgIpc) is 3.08. The number of benzene rings is 6. The molecule has 0 aromatic heterocycles. The molecule has 2 aliphatic heterocycles. The molecule has 8 rings (SSSR count). The lowest BCUT2D eigenvalue weighted by Gasteiger charge is -2.37. The fourth-order valence-corrected chi connectivity index (χ4v) is 6.77. The molecule has 2 aliphatic rings. The number of nitrogens with zero attached hydrogens (tertiary/aromatic N) is 1. The van der Waals surface area contributed by atoms with Crippen molar-refractivity contribution in [3.63, 3.8) is 0 Å². The van der Waals surface area contributed by atoms with Gasteiger partial charge in [0.15, 0.2) is 17.1 Å². The zero-order valence-corrected chi connectivity index (χ0v) is 23.5. The smallest absolute Gasteiger partial charge is 0.178 e. The molecule has 0 radical (unpaired) electrons. The van der Waals surface area contributed by atoms with Crippen LogP contribution in [0.5, 0.6) is 11.5 Å². The summed E-state index contributed by atoms with van der Waals surface area (Å²) in [5.74, 6) is 1.49. The second-order valence-electron chi connectivity index (χ2n) is 11.0. The van der Waals surface area contributed by atoms with E-state index in [9.17, 15) is 0 Å². The third-order valence-electron chi connectivity index (χ3n) is 8.83. The Kier molecular flexibility index (Phi) is 5.90. The largest absolute Gasteiger partial charge is 0.493 e. The number of morpholine rings is 1. The molecule has 0 bridgehead atoms. The van der Waals surface area contributed by atoms with E-state index >= 15 is 0 Å². The Morgan fingerprint density at radius 3 is 1.95 bits per heavy atom. The van der Waals surface area contributed by atoms with Crippen molar-refractivity contribution >= 4 is 44.1 Å². The lowest BCUT2D eigenvalue weighted by atomic mass is 9.82. The molecule has 0 saturated carbocycles. The number of methoxy groups -OCH3 is 1. The molecule has 2 heterocycles. The van der Waals surface area contributed by atoms with E-state index in [-0.39, 0.29) is 0 Å². The maximum absolute atomic E-state index is 7.22. The predicted octanol–water partition coefficient (Wildman–Crippen LogP) is 8.34. The van der Waals surface area contributed by atoms with Gasteiger partial charge in [-0.25, -0.2) is 0 Å². The molecule has 6 aromatic carbocycles. The van der Waals surface area contributed by atoms with Crippen molar-refractivity contribution < 1.29 is 14.2 Å². The van der Waals surface area contributed by atoms with E-state index in [0.717, 1.165) is 59.9 Å². The highest BCUT2D eigenvalue weighted by atomic mass is 16.5. The SMILES string of the molecule is COc1cc2c3ccccc3c3ccccc3c2c2c1OC(c1ccccc1)(c1ccc(N3CCOCC3)cc1)C=C2. The summed E-state index contributed by atoms with van der Waals surface area (Å²) >= 11 is 0. The van der Waals surface area contributed by atoms with E-state index in [1.165, 1.54) is 32.6 Å². The summed E-state index contributed by atoms with van der Waals surface area (Å²) in [6.45, 7) is 3.33. The molecule has 1 fully saturated rings. The van der Waals surface area contributed by atoms with Crippen molar-refractivity contribution in [2.45, 2.75) is 5.60 Å². The number of anilines is 1. The van der Waals surface area contributed by atoms with E-state index < -0.39 is 5.60 Å². The Morgan fingerprint density at radius 1 is 0.667 bits per heavy atom. The van der Waals surface area contributed by atoms with Crippen LogP contribution in [0.4, 0.5) is 5.69 Å². The van der Waals surface area contributed by atoms with Crippen molar-refractivity contribution in [1.82, 2.24) is 0 Å². The summed E-state index contributed by atoms with van der Waals surface area (Å²) in [7, 11) is 1.73.